The highest BCUT2D eigenvalue weighted by atomic mass is 35.5. The molecule has 15 rings (SSSR count). The Labute approximate surface area is 849 Å². The molecule has 710 valence electrons. The lowest BCUT2D eigenvalue weighted by molar-refractivity contribution is 0.0736. The van der Waals surface area contributed by atoms with Gasteiger partial charge in [0.25, 0.3) is 17.7 Å². The number of ether oxygens (including phenoxy) is 1. The van der Waals surface area contributed by atoms with E-state index in [0.29, 0.717) is 92.6 Å². The third kappa shape index (κ3) is 28.8. The summed E-state index contributed by atoms with van der Waals surface area (Å²) >= 11 is 60.9. The van der Waals surface area contributed by atoms with Crippen LogP contribution in [0.5, 0.6) is 0 Å². The number of hydrogen-bond acceptors (Lipinski definition) is 15. The summed E-state index contributed by atoms with van der Waals surface area (Å²) in [7, 11) is 0. The Morgan fingerprint density at radius 2 is 0.837 bits per heavy atom. The van der Waals surface area contributed by atoms with Crippen LogP contribution in [-0.2, 0) is 11.3 Å². The van der Waals surface area contributed by atoms with Crippen molar-refractivity contribution >= 4 is 168 Å². The van der Waals surface area contributed by atoms with Crippen molar-refractivity contribution in [3.63, 3.8) is 0 Å². The lowest BCUT2D eigenvalue weighted by Gasteiger charge is -2.26. The number of H-pyrrole nitrogens is 1. The molecule has 3 saturated heterocycles. The van der Waals surface area contributed by atoms with E-state index in [1.165, 1.54) is 30.6 Å². The zero-order valence-electron chi connectivity index (χ0n) is 77.6. The van der Waals surface area contributed by atoms with Crippen LogP contribution in [-0.4, -0.2) is 140 Å². The lowest BCUT2D eigenvalue weighted by Crippen LogP contribution is -2.45. The summed E-state index contributed by atoms with van der Waals surface area (Å²) < 4.78 is 12.6. The minimum absolute atomic E-state index is 0.138. The van der Waals surface area contributed by atoms with Gasteiger partial charge in [-0.1, -0.05) is 201 Å². The summed E-state index contributed by atoms with van der Waals surface area (Å²) in [5.41, 5.74) is 22.7. The Morgan fingerprint density at radius 1 is 0.452 bits per heavy atom. The predicted octanol–water partition coefficient (Wildman–Crippen LogP) is 26.6. The molecule has 4 aromatic carbocycles. The van der Waals surface area contributed by atoms with E-state index >= 15 is 0 Å². The highest BCUT2D eigenvalue weighted by Gasteiger charge is 2.31. The standard InChI is InChI=1S/C26H28Cl2N4O2S.C26H28Cl2N4OS.C25H31Cl2N5S.C25H26Cl2N4OS/c1-17(2)34-15-7-8-20-10-12-23(35-20)25-18(3)24(26(33)30-31-13-5-4-6-14-31)29-32(25)22-11-9-19(27)16-21(22)28;1-3-4-5-7-10-20-12-14-23(34-20)25-18(2)24(26(33)30-31-15-8-6-9-16-31)29-32(25)22-13-11-19(27)17-21(22)28;1-4-6-8-9-19-11-12-21(30-19)24-17(3)22(16-29-25(33)28-14-7-5-2)31-32(24)23-13-10-18(26)15-20(23)27;1-3-4-6-9-19-11-13-22(33-19)24-17(2)23(25(32)29-30-14-7-5-8-15-30)28-31(24)21-12-10-18(26)16-20(21)27/h9-12,16-17H,4-6,13-15H2,1-3H3,(H,30,33);11-14,17H,3-6,8-9,15-16H2,1-2H3,(H,30,33);8-13,15,30H,4-7,14,16H2,1-3H3,(H2,28,29,33);10-13,16H,3-5,7-8,14-15H2,1-2H3,(H,29,32)/b;;9-8+;. The third-order valence-corrected chi connectivity index (χ3v) is 27.7. The summed E-state index contributed by atoms with van der Waals surface area (Å²) in [5.74, 6) is 18.5. The molecule has 3 aliphatic rings. The molecule has 3 fully saturated rings. The second-order valence-electron chi connectivity index (χ2n) is 33.0. The molecule has 12 aromatic rings. The van der Waals surface area contributed by atoms with Crippen LogP contribution < -0.4 is 26.9 Å². The van der Waals surface area contributed by atoms with Gasteiger partial charge in [0.15, 0.2) is 22.2 Å². The second-order valence-corrected chi connectivity index (χ2v) is 40.0. The fourth-order valence-electron chi connectivity index (χ4n) is 15.2. The first-order valence-corrected chi connectivity index (χ1v) is 51.7. The van der Waals surface area contributed by atoms with Gasteiger partial charge < -0.3 is 20.4 Å². The Balaban J connectivity index is 0.000000162. The van der Waals surface area contributed by atoms with Crippen molar-refractivity contribution in [1.29, 1.82) is 0 Å². The number of carbonyl (C=O) groups excluding carboxylic acids is 3. The van der Waals surface area contributed by atoms with Crippen LogP contribution in [0.15, 0.2) is 127 Å². The fourth-order valence-corrected chi connectivity index (χ4v) is 20.2. The van der Waals surface area contributed by atoms with Gasteiger partial charge in [-0.2, -0.15) is 20.4 Å². The van der Waals surface area contributed by atoms with Crippen molar-refractivity contribution < 1.29 is 19.1 Å². The molecule has 11 heterocycles. The maximum Gasteiger partial charge on any atom is 0.286 e. The Bertz CT molecular complexity index is 6340. The van der Waals surface area contributed by atoms with Gasteiger partial charge in [-0.25, -0.2) is 33.8 Å². The summed E-state index contributed by atoms with van der Waals surface area (Å²) in [6.07, 6.45) is 23.9. The number of halogens is 8. The summed E-state index contributed by atoms with van der Waals surface area (Å²) in [6.45, 7) is 27.3. The van der Waals surface area contributed by atoms with Gasteiger partial charge in [0, 0.05) is 107 Å². The van der Waals surface area contributed by atoms with Gasteiger partial charge in [-0.05, 0) is 245 Å². The number of thiocarbonyl (C=S) groups is 1. The van der Waals surface area contributed by atoms with Crippen molar-refractivity contribution in [3.8, 4) is 101 Å². The minimum atomic E-state index is -0.225. The topological polar surface area (TPSA) is 217 Å². The zero-order chi connectivity index (χ0) is 96.2. The van der Waals surface area contributed by atoms with Gasteiger partial charge >= 0.3 is 0 Å². The van der Waals surface area contributed by atoms with Crippen molar-refractivity contribution in [2.24, 2.45) is 0 Å². The monoisotopic (exact) mass is 2050 g/mol. The van der Waals surface area contributed by atoms with E-state index in [9.17, 15) is 14.4 Å². The first kappa shape index (κ1) is 105. The van der Waals surface area contributed by atoms with Crippen molar-refractivity contribution in [1.82, 2.24) is 86.0 Å². The summed E-state index contributed by atoms with van der Waals surface area (Å²) in [5, 5.41) is 36.3. The first-order chi connectivity index (χ1) is 65.2. The molecule has 3 aliphatic heterocycles. The quantitative estimate of drug-likeness (QED) is 0.0160. The maximum absolute atomic E-state index is 13.2. The number of nitrogens with one attached hydrogen (secondary N) is 6. The smallest absolute Gasteiger partial charge is 0.286 e. The number of amides is 3. The highest BCUT2D eigenvalue weighted by Crippen LogP contribution is 2.42. The molecule has 33 heteroatoms. The molecule has 8 aromatic heterocycles. The number of aromatic nitrogens is 9. The Morgan fingerprint density at radius 3 is 1.21 bits per heavy atom. The average Bonchev–Trinajstić information content (AvgIpc) is 1.63. The average molecular weight is 2050 g/mol. The molecule has 0 saturated carbocycles. The number of aromatic amines is 1. The molecular weight excluding hydrogens is 1940 g/mol. The SMILES string of the molecule is CCC/C=C/c1ccc(-c2c(C)c(CNC(=S)NCCCC)nn2-c2ccc(Cl)cc2Cl)[nH]1.CCCC#Cc1ccc(-c2c(C)c(C(=O)NN3CCCCC3)nn2-c2ccc(Cl)cc2Cl)s1.CCCCC#Cc1ccc(-c2c(C)c(C(=O)NN3CCCCC3)nn2-c2ccc(Cl)cc2Cl)s1.Cc1c(C(=O)NN2CCCCC2)nn(-c2ccc(Cl)cc2Cl)c1-c1ccc(C#CCOC(C)C)s1. The maximum atomic E-state index is 13.2. The van der Waals surface area contributed by atoms with E-state index in [2.05, 4.69) is 126 Å². The fraction of sp³-hybridized carbons (Fsp3) is 0.373. The number of thiophene rings is 3. The van der Waals surface area contributed by atoms with Crippen LogP contribution in [0.2, 0.25) is 40.2 Å². The summed E-state index contributed by atoms with van der Waals surface area (Å²) in [4.78, 5) is 48.9. The number of nitrogens with zero attached hydrogens (tertiary/aromatic N) is 11. The first-order valence-electron chi connectivity index (χ1n) is 45.9. The van der Waals surface area contributed by atoms with Crippen LogP contribution in [0.3, 0.4) is 0 Å². The predicted molar refractivity (Wildman–Crippen MR) is 564 cm³/mol. The number of hydrazine groups is 3. The number of hydrogen-bond donors (Lipinski definition) is 6. The van der Waals surface area contributed by atoms with Crippen LogP contribution in [0.25, 0.3) is 71.9 Å². The third-order valence-electron chi connectivity index (χ3n) is 22.3. The Hall–Kier alpha value is -9.22. The van der Waals surface area contributed by atoms with Gasteiger partial charge in [0.05, 0.1) is 119 Å². The number of allylic oxidation sites excluding steroid dienone is 1. The van der Waals surface area contributed by atoms with E-state index in [1.807, 2.05) is 121 Å². The molecule has 0 atom stereocenters. The lowest BCUT2D eigenvalue weighted by atomic mass is 10.1. The Kier molecular flexibility index (Phi) is 40.3. The van der Waals surface area contributed by atoms with Crippen molar-refractivity contribution in [2.45, 2.75) is 197 Å². The number of carbonyl (C=O) groups is 3. The molecule has 6 N–H and O–H groups in total. The van der Waals surface area contributed by atoms with E-state index in [4.69, 9.17) is 130 Å². The zero-order valence-corrected chi connectivity index (χ0v) is 86.9. The highest BCUT2D eigenvalue weighted by molar-refractivity contribution is 7.80. The van der Waals surface area contributed by atoms with Crippen molar-refractivity contribution in [2.75, 3.05) is 52.4 Å². The number of unbranched alkanes of at least 4 members (excludes halogenated alkanes) is 5. The van der Waals surface area contributed by atoms with Gasteiger partial charge in [-0.3, -0.25) is 30.7 Å². The molecule has 0 radical (unpaired) electrons. The van der Waals surface area contributed by atoms with Crippen molar-refractivity contribution in [3.05, 3.63) is 233 Å². The van der Waals surface area contributed by atoms with Gasteiger partial charge in [-0.15, -0.1) is 34.0 Å². The molecular formula is C102H113Cl8N17O4S4. The van der Waals surface area contributed by atoms with E-state index < -0.39 is 0 Å². The second kappa shape index (κ2) is 52.0. The largest absolute Gasteiger partial charge is 0.366 e. The van der Waals surface area contributed by atoms with Crippen LogP contribution in [0, 0.1) is 63.2 Å². The molecule has 135 heavy (non-hydrogen) atoms. The van der Waals surface area contributed by atoms with Gasteiger partial charge in [0.2, 0.25) is 0 Å². The molecule has 0 aliphatic carbocycles. The number of rotatable bonds is 27. The number of benzene rings is 4. The normalized spacial score (nSPS) is 13.4. The van der Waals surface area contributed by atoms with Crippen LogP contribution in [0.4, 0.5) is 0 Å². The van der Waals surface area contributed by atoms with E-state index in [1.54, 1.807) is 79.2 Å². The van der Waals surface area contributed by atoms with Gasteiger partial charge in [0.1, 0.15) is 6.61 Å². The van der Waals surface area contributed by atoms with E-state index in [-0.39, 0.29) is 23.8 Å². The molecule has 3 amide bonds. The van der Waals surface area contributed by atoms with E-state index in [0.717, 1.165) is 239 Å². The molecule has 0 unspecified atom stereocenters. The molecule has 0 bridgehead atoms. The number of piperidine rings is 3. The minimum Gasteiger partial charge on any atom is -0.366 e. The van der Waals surface area contributed by atoms with Crippen LogP contribution >= 0.6 is 139 Å². The summed E-state index contributed by atoms with van der Waals surface area (Å²) in [6, 6.07) is 37.5. The molecule has 21 nitrogen and oxygen atoms in total. The molecule has 0 spiro atoms. The van der Waals surface area contributed by atoms with Crippen LogP contribution in [0.1, 0.15) is 237 Å².